The van der Waals surface area contributed by atoms with Crippen molar-refractivity contribution in [3.63, 3.8) is 0 Å². The van der Waals surface area contributed by atoms with Gasteiger partial charge in [-0.2, -0.15) is 0 Å². The number of nitrogens with zero attached hydrogens (tertiary/aromatic N) is 1. The van der Waals surface area contributed by atoms with Crippen LogP contribution in [-0.4, -0.2) is 42.6 Å². The molecule has 2 aliphatic heterocycles. The summed E-state index contributed by atoms with van der Waals surface area (Å²) in [6.07, 6.45) is 5.16. The van der Waals surface area contributed by atoms with E-state index in [1.54, 1.807) is 0 Å². The third kappa shape index (κ3) is 3.86. The van der Waals surface area contributed by atoms with Crippen molar-refractivity contribution < 1.29 is 9.53 Å². The average Bonchev–Trinajstić information content (AvgIpc) is 2.86. The molecular formula is C19H28N2O2. The number of carbonyl (C=O) groups excluding carboxylic acids is 1. The molecule has 0 aromatic heterocycles. The van der Waals surface area contributed by atoms with Crippen molar-refractivity contribution in [1.29, 1.82) is 0 Å². The number of amides is 1. The van der Waals surface area contributed by atoms with Crippen LogP contribution in [0.1, 0.15) is 43.2 Å². The lowest BCUT2D eigenvalue weighted by atomic mass is 9.98. The van der Waals surface area contributed by atoms with Crippen LogP contribution < -0.4 is 10.1 Å². The fourth-order valence-corrected chi connectivity index (χ4v) is 3.93. The van der Waals surface area contributed by atoms with E-state index in [0.29, 0.717) is 31.2 Å². The lowest BCUT2D eigenvalue weighted by Gasteiger charge is -2.35. The Morgan fingerprint density at radius 2 is 1.96 bits per heavy atom. The van der Waals surface area contributed by atoms with E-state index >= 15 is 0 Å². The van der Waals surface area contributed by atoms with E-state index in [-0.39, 0.29) is 5.91 Å². The van der Waals surface area contributed by atoms with Gasteiger partial charge in [0.05, 0.1) is 13.0 Å². The number of piperidine rings is 1. The Labute approximate surface area is 139 Å². The quantitative estimate of drug-likeness (QED) is 0.908. The second-order valence-electron chi connectivity index (χ2n) is 7.14. The van der Waals surface area contributed by atoms with Crippen LogP contribution in [0.15, 0.2) is 18.2 Å². The molecule has 1 aromatic rings. The van der Waals surface area contributed by atoms with Crippen LogP contribution in [0, 0.1) is 13.8 Å². The highest BCUT2D eigenvalue weighted by molar-refractivity contribution is 5.76. The average molecular weight is 316 g/mol. The Morgan fingerprint density at radius 3 is 2.61 bits per heavy atom. The Balaban J connectivity index is 1.47. The summed E-state index contributed by atoms with van der Waals surface area (Å²) in [7, 11) is 1.95. The minimum Gasteiger partial charge on any atom is -0.493 e. The predicted molar refractivity (Wildman–Crippen MR) is 91.8 cm³/mol. The third-order valence-corrected chi connectivity index (χ3v) is 5.29. The van der Waals surface area contributed by atoms with Gasteiger partial charge in [-0.05, 0) is 51.2 Å². The lowest BCUT2D eigenvalue weighted by molar-refractivity contribution is -0.133. The smallest absolute Gasteiger partial charge is 0.225 e. The van der Waals surface area contributed by atoms with Gasteiger partial charge in [0.15, 0.2) is 0 Å². The molecule has 0 saturated carbocycles. The molecule has 0 radical (unpaired) electrons. The maximum atomic E-state index is 12.4. The topological polar surface area (TPSA) is 41.6 Å². The summed E-state index contributed by atoms with van der Waals surface area (Å²) in [5.74, 6) is 1.08. The Morgan fingerprint density at radius 1 is 1.26 bits per heavy atom. The molecule has 1 amide bonds. The van der Waals surface area contributed by atoms with Gasteiger partial charge in [0, 0.05) is 25.2 Å². The largest absolute Gasteiger partial charge is 0.493 e. The van der Waals surface area contributed by atoms with Crippen molar-refractivity contribution in [3.05, 3.63) is 29.3 Å². The van der Waals surface area contributed by atoms with Gasteiger partial charge in [-0.15, -0.1) is 0 Å². The van der Waals surface area contributed by atoms with E-state index in [0.717, 1.165) is 24.2 Å². The molecule has 1 aromatic carbocycles. The number of fused-ring (bicyclic) bond motifs is 2. The predicted octanol–water partition coefficient (Wildman–Crippen LogP) is 2.81. The first-order chi connectivity index (χ1) is 11.0. The fraction of sp³-hybridized carbons (Fsp3) is 0.632. The second kappa shape index (κ2) is 6.91. The minimum absolute atomic E-state index is 0.195. The monoisotopic (exact) mass is 316 g/mol. The molecule has 2 aliphatic rings. The maximum absolute atomic E-state index is 12.4. The Kier molecular flexibility index (Phi) is 4.90. The Hall–Kier alpha value is -1.55. The van der Waals surface area contributed by atoms with Crippen LogP contribution in [0.25, 0.3) is 0 Å². The van der Waals surface area contributed by atoms with Crippen LogP contribution >= 0.6 is 0 Å². The summed E-state index contributed by atoms with van der Waals surface area (Å²) < 4.78 is 5.79. The van der Waals surface area contributed by atoms with Crippen molar-refractivity contribution >= 4 is 5.91 Å². The number of ether oxygens (including phenoxy) is 1. The number of rotatable bonds is 5. The molecule has 1 N–H and O–H groups in total. The van der Waals surface area contributed by atoms with Gasteiger partial charge in [0.25, 0.3) is 0 Å². The van der Waals surface area contributed by atoms with Crippen LogP contribution in [0.5, 0.6) is 5.75 Å². The van der Waals surface area contributed by atoms with Crippen molar-refractivity contribution in [2.45, 2.75) is 64.1 Å². The first-order valence-corrected chi connectivity index (χ1v) is 8.74. The number of aryl methyl sites for hydroxylation is 2. The summed E-state index contributed by atoms with van der Waals surface area (Å²) in [6.45, 7) is 4.56. The molecule has 2 unspecified atom stereocenters. The van der Waals surface area contributed by atoms with Crippen LogP contribution in [-0.2, 0) is 4.79 Å². The van der Waals surface area contributed by atoms with Crippen molar-refractivity contribution in [1.82, 2.24) is 10.2 Å². The molecule has 2 heterocycles. The van der Waals surface area contributed by atoms with E-state index in [2.05, 4.69) is 18.3 Å². The normalized spacial score (nSPS) is 26.1. The molecule has 3 rings (SSSR count). The zero-order valence-electron chi connectivity index (χ0n) is 14.5. The van der Waals surface area contributed by atoms with Crippen LogP contribution in [0.4, 0.5) is 0 Å². The van der Waals surface area contributed by atoms with E-state index in [1.807, 2.05) is 31.0 Å². The fourth-order valence-electron chi connectivity index (χ4n) is 3.93. The summed E-state index contributed by atoms with van der Waals surface area (Å²) in [5, 5.41) is 3.63. The summed E-state index contributed by atoms with van der Waals surface area (Å²) in [4.78, 5) is 14.4. The maximum Gasteiger partial charge on any atom is 0.225 e. The number of carbonyl (C=O) groups is 1. The zero-order valence-corrected chi connectivity index (χ0v) is 14.5. The Bertz CT molecular complexity index is 560. The standard InChI is InChI=1S/C19H28N2O2/c1-13-4-7-18(14(2)10-13)23-9-8-19(22)21(3)17-11-15-5-6-16(12-17)20-15/h4,7,10,15-17,20H,5-6,8-9,11-12H2,1-3H3. The summed E-state index contributed by atoms with van der Waals surface area (Å²) >= 11 is 0. The van der Waals surface area contributed by atoms with Gasteiger partial charge in [0.1, 0.15) is 5.75 Å². The summed E-state index contributed by atoms with van der Waals surface area (Å²) in [5.41, 5.74) is 2.35. The molecule has 2 fully saturated rings. The highest BCUT2D eigenvalue weighted by Gasteiger charge is 2.36. The van der Waals surface area contributed by atoms with Crippen molar-refractivity contribution in [3.8, 4) is 5.75 Å². The molecule has 126 valence electrons. The number of nitrogens with one attached hydrogen (secondary N) is 1. The third-order valence-electron chi connectivity index (χ3n) is 5.29. The van der Waals surface area contributed by atoms with Crippen molar-refractivity contribution in [2.24, 2.45) is 0 Å². The molecule has 4 nitrogen and oxygen atoms in total. The first-order valence-electron chi connectivity index (χ1n) is 8.74. The molecule has 2 atom stereocenters. The SMILES string of the molecule is Cc1ccc(OCCC(=O)N(C)C2CC3CCC(C2)N3)c(C)c1. The molecule has 2 saturated heterocycles. The highest BCUT2D eigenvalue weighted by atomic mass is 16.5. The number of hydrogen-bond acceptors (Lipinski definition) is 3. The van der Waals surface area contributed by atoms with E-state index < -0.39 is 0 Å². The number of hydrogen-bond donors (Lipinski definition) is 1. The van der Waals surface area contributed by atoms with E-state index in [4.69, 9.17) is 4.74 Å². The second-order valence-corrected chi connectivity index (χ2v) is 7.14. The first kappa shape index (κ1) is 16.3. The van der Waals surface area contributed by atoms with Gasteiger partial charge < -0.3 is 15.0 Å². The number of benzene rings is 1. The molecule has 0 aliphatic carbocycles. The molecule has 0 spiro atoms. The molecule has 4 heteroatoms. The molecular weight excluding hydrogens is 288 g/mol. The molecule has 2 bridgehead atoms. The summed E-state index contributed by atoms with van der Waals surface area (Å²) in [6, 6.07) is 7.75. The zero-order chi connectivity index (χ0) is 16.4. The van der Waals surface area contributed by atoms with Gasteiger partial charge in [-0.25, -0.2) is 0 Å². The van der Waals surface area contributed by atoms with E-state index in [1.165, 1.54) is 18.4 Å². The van der Waals surface area contributed by atoms with Crippen molar-refractivity contribution in [2.75, 3.05) is 13.7 Å². The lowest BCUT2D eigenvalue weighted by Crippen LogP contribution is -2.48. The van der Waals surface area contributed by atoms with Gasteiger partial charge in [-0.3, -0.25) is 4.79 Å². The molecule has 23 heavy (non-hydrogen) atoms. The van der Waals surface area contributed by atoms with Crippen LogP contribution in [0.2, 0.25) is 0 Å². The van der Waals surface area contributed by atoms with Gasteiger partial charge >= 0.3 is 0 Å². The van der Waals surface area contributed by atoms with Gasteiger partial charge in [-0.1, -0.05) is 17.7 Å². The van der Waals surface area contributed by atoms with E-state index in [9.17, 15) is 4.79 Å². The minimum atomic E-state index is 0.195. The van der Waals surface area contributed by atoms with Gasteiger partial charge in [0.2, 0.25) is 5.91 Å². The highest BCUT2D eigenvalue weighted by Crippen LogP contribution is 2.29. The van der Waals surface area contributed by atoms with Crippen LogP contribution in [0.3, 0.4) is 0 Å².